The zero-order valence-electron chi connectivity index (χ0n) is 10.6. The number of amides is 1. The number of aryl methyl sites for hydroxylation is 1. The summed E-state index contributed by atoms with van der Waals surface area (Å²) in [6.45, 7) is 3.20. The number of aliphatic hydroxyl groups excluding tert-OH is 1. The van der Waals surface area contributed by atoms with Crippen molar-refractivity contribution >= 4 is 17.4 Å². The molecule has 100 valence electrons. The summed E-state index contributed by atoms with van der Waals surface area (Å²) in [5, 5.41) is 16.9. The predicted molar refractivity (Wildman–Crippen MR) is 68.7 cm³/mol. The van der Waals surface area contributed by atoms with Crippen LogP contribution in [0.5, 0.6) is 0 Å². The Morgan fingerprint density at radius 2 is 2.39 bits per heavy atom. The Bertz CT molecular complexity index is 423. The molecule has 7 heteroatoms. The maximum absolute atomic E-state index is 12.4. The predicted octanol–water partition coefficient (Wildman–Crippen LogP) is -0.105. The van der Waals surface area contributed by atoms with Crippen LogP contribution in [0.2, 0.25) is 0 Å². The van der Waals surface area contributed by atoms with Gasteiger partial charge in [0.05, 0.1) is 17.8 Å². The maximum Gasteiger partial charge on any atom is 0.267 e. The van der Waals surface area contributed by atoms with Crippen molar-refractivity contribution in [2.24, 2.45) is 0 Å². The number of carbonyl (C=O) groups is 1. The lowest BCUT2D eigenvalue weighted by atomic mass is 10.1. The van der Waals surface area contributed by atoms with Gasteiger partial charge >= 0.3 is 0 Å². The van der Waals surface area contributed by atoms with Gasteiger partial charge in [0.1, 0.15) is 4.88 Å². The van der Waals surface area contributed by atoms with Gasteiger partial charge in [-0.1, -0.05) is 17.8 Å². The fourth-order valence-electron chi connectivity index (χ4n) is 2.13. The molecule has 6 nitrogen and oxygen atoms in total. The van der Waals surface area contributed by atoms with E-state index in [1.165, 1.54) is 0 Å². The number of likely N-dealkylation sites (N-methyl/N-ethyl adjacent to an activating group) is 1. The van der Waals surface area contributed by atoms with E-state index in [9.17, 15) is 9.90 Å². The van der Waals surface area contributed by atoms with Crippen LogP contribution in [-0.4, -0.2) is 57.8 Å². The van der Waals surface area contributed by atoms with E-state index in [0.29, 0.717) is 18.0 Å². The number of hydrogen-bond donors (Lipinski definition) is 2. The van der Waals surface area contributed by atoms with Crippen molar-refractivity contribution < 1.29 is 9.90 Å². The molecule has 0 aliphatic carbocycles. The minimum absolute atomic E-state index is 0.0961. The highest BCUT2D eigenvalue weighted by Gasteiger charge is 2.33. The summed E-state index contributed by atoms with van der Waals surface area (Å²) in [4.78, 5) is 14.5. The van der Waals surface area contributed by atoms with E-state index in [4.69, 9.17) is 0 Å². The zero-order valence-corrected chi connectivity index (χ0v) is 11.4. The molecular weight excluding hydrogens is 252 g/mol. The normalized spacial score (nSPS) is 23.3. The molecule has 1 aromatic rings. The van der Waals surface area contributed by atoms with Crippen LogP contribution in [0, 0.1) is 0 Å². The Morgan fingerprint density at radius 1 is 1.61 bits per heavy atom. The van der Waals surface area contributed by atoms with Crippen LogP contribution in [0.4, 0.5) is 0 Å². The molecule has 1 aromatic heterocycles. The van der Waals surface area contributed by atoms with Crippen LogP contribution in [0.25, 0.3) is 0 Å². The van der Waals surface area contributed by atoms with Gasteiger partial charge in [0, 0.05) is 20.1 Å². The van der Waals surface area contributed by atoms with Gasteiger partial charge in [-0.3, -0.25) is 4.79 Å². The third kappa shape index (κ3) is 2.52. The fraction of sp³-hybridized carbons (Fsp3) is 0.727. The summed E-state index contributed by atoms with van der Waals surface area (Å²) in [5.74, 6) is -0.0961. The van der Waals surface area contributed by atoms with Crippen molar-refractivity contribution in [2.75, 3.05) is 20.1 Å². The highest BCUT2D eigenvalue weighted by Crippen LogP contribution is 2.18. The Labute approximate surface area is 110 Å². The average Bonchev–Trinajstić information content (AvgIpc) is 2.97. The third-order valence-corrected chi connectivity index (χ3v) is 3.96. The Kier molecular flexibility index (Phi) is 4.26. The smallest absolute Gasteiger partial charge is 0.267 e. The molecule has 0 radical (unpaired) electrons. The van der Waals surface area contributed by atoms with Crippen molar-refractivity contribution in [3.63, 3.8) is 0 Å². The molecule has 0 spiro atoms. The molecule has 0 saturated carbocycles. The van der Waals surface area contributed by atoms with Crippen LogP contribution in [0.15, 0.2) is 0 Å². The largest absolute Gasteiger partial charge is 0.390 e. The molecule has 2 atom stereocenters. The standard InChI is InChI=1S/C11H18N4O2S/c1-3-4-7-10(18-14-13-7)11(17)15(2)8-5-12-6-9(8)16/h8-9,12,16H,3-6H2,1-2H3/t8-,9-/m0/s1. The first kappa shape index (κ1) is 13.4. The summed E-state index contributed by atoms with van der Waals surface area (Å²) in [5.41, 5.74) is 0.764. The van der Waals surface area contributed by atoms with Gasteiger partial charge in [0.2, 0.25) is 0 Å². The first-order valence-electron chi connectivity index (χ1n) is 6.12. The van der Waals surface area contributed by atoms with Gasteiger partial charge in [-0.25, -0.2) is 0 Å². The zero-order chi connectivity index (χ0) is 13.1. The molecule has 0 aromatic carbocycles. The van der Waals surface area contributed by atoms with Crippen LogP contribution in [-0.2, 0) is 6.42 Å². The summed E-state index contributed by atoms with van der Waals surface area (Å²) in [6, 6.07) is -0.172. The molecule has 2 rings (SSSR count). The van der Waals surface area contributed by atoms with E-state index in [2.05, 4.69) is 14.9 Å². The molecule has 1 aliphatic rings. The van der Waals surface area contributed by atoms with Crippen molar-refractivity contribution in [3.05, 3.63) is 10.6 Å². The number of carbonyl (C=O) groups excluding carboxylic acids is 1. The second kappa shape index (κ2) is 5.73. The number of nitrogens with zero attached hydrogens (tertiary/aromatic N) is 3. The molecule has 1 saturated heterocycles. The second-order valence-electron chi connectivity index (χ2n) is 4.51. The quantitative estimate of drug-likeness (QED) is 0.798. The molecule has 1 amide bonds. The molecular formula is C11H18N4O2S. The lowest BCUT2D eigenvalue weighted by molar-refractivity contribution is 0.0584. The van der Waals surface area contributed by atoms with Gasteiger partial charge in [0.15, 0.2) is 0 Å². The maximum atomic E-state index is 12.4. The number of rotatable bonds is 4. The topological polar surface area (TPSA) is 78.4 Å². The number of aliphatic hydroxyl groups is 1. The first-order chi connectivity index (χ1) is 8.65. The van der Waals surface area contributed by atoms with E-state index >= 15 is 0 Å². The molecule has 2 N–H and O–H groups in total. The second-order valence-corrected chi connectivity index (χ2v) is 5.26. The Morgan fingerprint density at radius 3 is 3.00 bits per heavy atom. The molecule has 18 heavy (non-hydrogen) atoms. The van der Waals surface area contributed by atoms with E-state index in [1.807, 2.05) is 6.92 Å². The van der Waals surface area contributed by atoms with Crippen LogP contribution in [0.3, 0.4) is 0 Å². The van der Waals surface area contributed by atoms with Crippen LogP contribution < -0.4 is 5.32 Å². The lowest BCUT2D eigenvalue weighted by Gasteiger charge is -2.25. The van der Waals surface area contributed by atoms with Gasteiger partial charge in [-0.05, 0) is 18.0 Å². The fourth-order valence-corrected chi connectivity index (χ4v) is 2.82. The van der Waals surface area contributed by atoms with Crippen molar-refractivity contribution in [3.8, 4) is 0 Å². The molecule has 2 heterocycles. The summed E-state index contributed by atoms with van der Waals surface area (Å²) < 4.78 is 3.86. The van der Waals surface area contributed by atoms with Gasteiger partial charge in [-0.2, -0.15) is 0 Å². The van der Waals surface area contributed by atoms with E-state index in [-0.39, 0.29) is 11.9 Å². The molecule has 1 aliphatic heterocycles. The summed E-state index contributed by atoms with van der Waals surface area (Å²) in [6.07, 6.45) is 1.19. The first-order valence-corrected chi connectivity index (χ1v) is 6.89. The van der Waals surface area contributed by atoms with Gasteiger partial charge in [0.25, 0.3) is 5.91 Å². The Hall–Kier alpha value is -1.05. The van der Waals surface area contributed by atoms with Crippen molar-refractivity contribution in [1.29, 1.82) is 0 Å². The summed E-state index contributed by atoms with van der Waals surface area (Å²) in [7, 11) is 1.72. The van der Waals surface area contributed by atoms with Crippen molar-refractivity contribution in [1.82, 2.24) is 19.8 Å². The number of hydrogen-bond acceptors (Lipinski definition) is 6. The Balaban J connectivity index is 2.12. The number of β-amino-alcohol motifs (C(OH)–C–C–N with tert-alkyl or cyclic N) is 1. The van der Waals surface area contributed by atoms with Gasteiger partial charge < -0.3 is 15.3 Å². The highest BCUT2D eigenvalue weighted by atomic mass is 32.1. The molecule has 1 fully saturated rings. The average molecular weight is 270 g/mol. The molecule has 0 unspecified atom stereocenters. The lowest BCUT2D eigenvalue weighted by Crippen LogP contribution is -2.44. The SMILES string of the molecule is CCCc1nnsc1C(=O)N(C)[C@H]1CNC[C@@H]1O. The number of nitrogens with one attached hydrogen (secondary N) is 1. The van der Waals surface area contributed by atoms with E-state index < -0.39 is 6.10 Å². The summed E-state index contributed by atoms with van der Waals surface area (Å²) >= 11 is 1.13. The van der Waals surface area contributed by atoms with Gasteiger partial charge in [-0.15, -0.1) is 5.10 Å². The third-order valence-electron chi connectivity index (χ3n) is 3.21. The van der Waals surface area contributed by atoms with Crippen molar-refractivity contribution in [2.45, 2.75) is 31.9 Å². The number of aromatic nitrogens is 2. The van der Waals surface area contributed by atoms with E-state index in [0.717, 1.165) is 30.1 Å². The monoisotopic (exact) mass is 270 g/mol. The van der Waals surface area contributed by atoms with Crippen LogP contribution in [0.1, 0.15) is 28.7 Å². The van der Waals surface area contributed by atoms with Crippen LogP contribution >= 0.6 is 11.5 Å². The molecule has 0 bridgehead atoms. The minimum atomic E-state index is -0.505. The highest BCUT2D eigenvalue weighted by molar-refractivity contribution is 7.08. The van der Waals surface area contributed by atoms with E-state index in [1.54, 1.807) is 11.9 Å². The minimum Gasteiger partial charge on any atom is -0.390 e.